The highest BCUT2D eigenvalue weighted by atomic mass is 16.3. The van der Waals surface area contributed by atoms with E-state index in [1.807, 2.05) is 12.1 Å². The number of aromatic nitrogens is 3. The van der Waals surface area contributed by atoms with Crippen molar-refractivity contribution in [3.8, 4) is 0 Å². The number of pyridine rings is 1. The van der Waals surface area contributed by atoms with Crippen LogP contribution in [0.2, 0.25) is 0 Å². The normalized spacial score (nSPS) is 22.2. The monoisotopic (exact) mass is 357 g/mol. The van der Waals surface area contributed by atoms with Gasteiger partial charge in [0.15, 0.2) is 0 Å². The highest BCUT2D eigenvalue weighted by molar-refractivity contribution is 5.92. The molecule has 3 atom stereocenters. The first-order valence-electron chi connectivity index (χ1n) is 8.66. The van der Waals surface area contributed by atoms with Gasteiger partial charge >= 0.3 is 0 Å². The molecule has 0 spiro atoms. The van der Waals surface area contributed by atoms with Crippen molar-refractivity contribution >= 4 is 11.8 Å². The molecule has 26 heavy (non-hydrogen) atoms. The number of carbonyl (C=O) groups excluding carboxylic acids is 2. The molecule has 0 aromatic carbocycles. The summed E-state index contributed by atoms with van der Waals surface area (Å²) in [5.74, 6) is -0.747. The maximum absolute atomic E-state index is 12.3. The van der Waals surface area contributed by atoms with Crippen LogP contribution in [-0.4, -0.2) is 50.1 Å². The van der Waals surface area contributed by atoms with Gasteiger partial charge in [0.25, 0.3) is 5.91 Å². The number of imidazole rings is 1. The Morgan fingerprint density at radius 1 is 1.38 bits per heavy atom. The fourth-order valence-corrected chi connectivity index (χ4v) is 3.18. The molecule has 2 aromatic heterocycles. The number of nitrogens with zero attached hydrogens (tertiary/aromatic N) is 3. The number of aryl methyl sites for hydroxylation is 1. The highest BCUT2D eigenvalue weighted by Gasteiger charge is 2.37. The fourth-order valence-electron chi connectivity index (χ4n) is 3.18. The van der Waals surface area contributed by atoms with Gasteiger partial charge in [-0.3, -0.25) is 14.6 Å². The Morgan fingerprint density at radius 3 is 2.92 bits per heavy atom. The minimum atomic E-state index is -0.739. The maximum atomic E-state index is 12.3. The molecule has 0 bridgehead atoms. The van der Waals surface area contributed by atoms with Gasteiger partial charge in [-0.2, -0.15) is 0 Å². The van der Waals surface area contributed by atoms with Crippen LogP contribution in [-0.2, 0) is 18.3 Å². The van der Waals surface area contributed by atoms with Gasteiger partial charge in [-0.25, -0.2) is 4.98 Å². The third kappa shape index (κ3) is 4.45. The number of rotatable bonds is 6. The second-order valence-electron chi connectivity index (χ2n) is 6.64. The molecule has 0 unspecified atom stereocenters. The standard InChI is InChI=1S/C18H23N5O3/c1-23-10-15(21-11-23)18(26)22-14-7-13(8-16(14)24)17(25)20-6-4-12-3-2-5-19-9-12/h2-3,5,9-11,13-14,16,24H,4,6-8H2,1H3,(H,20,25)(H,22,26)/t13-,14+,16+/m0/s1. The van der Waals surface area contributed by atoms with Crippen molar-refractivity contribution in [1.82, 2.24) is 25.2 Å². The maximum Gasteiger partial charge on any atom is 0.271 e. The summed E-state index contributed by atoms with van der Waals surface area (Å²) in [6.07, 6.45) is 7.35. The fraction of sp³-hybridized carbons (Fsp3) is 0.444. The van der Waals surface area contributed by atoms with E-state index in [2.05, 4.69) is 20.6 Å². The molecular weight excluding hydrogens is 334 g/mol. The van der Waals surface area contributed by atoms with Crippen molar-refractivity contribution in [2.75, 3.05) is 6.54 Å². The van der Waals surface area contributed by atoms with Gasteiger partial charge < -0.3 is 20.3 Å². The molecule has 0 radical (unpaired) electrons. The van der Waals surface area contributed by atoms with E-state index in [4.69, 9.17) is 0 Å². The van der Waals surface area contributed by atoms with Crippen LogP contribution in [0.4, 0.5) is 0 Å². The van der Waals surface area contributed by atoms with E-state index in [0.717, 1.165) is 5.56 Å². The van der Waals surface area contributed by atoms with Crippen LogP contribution in [0.5, 0.6) is 0 Å². The van der Waals surface area contributed by atoms with E-state index in [1.165, 1.54) is 0 Å². The van der Waals surface area contributed by atoms with E-state index in [1.54, 1.807) is 36.5 Å². The summed E-state index contributed by atoms with van der Waals surface area (Å²) in [5.41, 5.74) is 1.35. The SMILES string of the molecule is Cn1cnc(C(=O)N[C@@H]2C[C@H](C(=O)NCCc3cccnc3)C[C@H]2O)c1. The summed E-state index contributed by atoms with van der Waals surface area (Å²) in [6, 6.07) is 3.37. The number of aliphatic hydroxyl groups excluding tert-OH is 1. The first-order chi connectivity index (χ1) is 12.5. The largest absolute Gasteiger partial charge is 0.391 e. The zero-order valence-electron chi connectivity index (χ0n) is 14.6. The molecule has 2 aromatic rings. The molecule has 3 N–H and O–H groups in total. The van der Waals surface area contributed by atoms with Gasteiger partial charge in [-0.1, -0.05) is 6.07 Å². The molecule has 2 heterocycles. The molecule has 1 saturated carbocycles. The summed E-state index contributed by atoms with van der Waals surface area (Å²) in [6.45, 7) is 0.516. The molecule has 0 saturated heterocycles. The molecule has 8 nitrogen and oxygen atoms in total. The van der Waals surface area contributed by atoms with Crippen LogP contribution < -0.4 is 10.6 Å². The van der Waals surface area contributed by atoms with Crippen molar-refractivity contribution < 1.29 is 14.7 Å². The number of amides is 2. The predicted octanol–water partition coefficient (Wildman–Crippen LogP) is 0.0433. The summed E-state index contributed by atoms with van der Waals surface area (Å²) in [7, 11) is 1.78. The Hall–Kier alpha value is -2.74. The smallest absolute Gasteiger partial charge is 0.271 e. The Kier molecular flexibility index (Phi) is 5.62. The van der Waals surface area contributed by atoms with E-state index < -0.39 is 12.1 Å². The number of hydrogen-bond acceptors (Lipinski definition) is 5. The van der Waals surface area contributed by atoms with Gasteiger partial charge in [-0.15, -0.1) is 0 Å². The number of hydrogen-bond donors (Lipinski definition) is 3. The number of carbonyl (C=O) groups is 2. The minimum absolute atomic E-state index is 0.0949. The van der Waals surface area contributed by atoms with Crippen LogP contribution in [0.3, 0.4) is 0 Å². The molecule has 1 aliphatic rings. The van der Waals surface area contributed by atoms with Gasteiger partial charge in [0.05, 0.1) is 18.5 Å². The van der Waals surface area contributed by atoms with Gasteiger partial charge in [0, 0.05) is 38.1 Å². The number of nitrogens with one attached hydrogen (secondary N) is 2. The van der Waals surface area contributed by atoms with Crippen LogP contribution in [0.15, 0.2) is 37.1 Å². The Labute approximate surface area is 151 Å². The molecule has 1 fully saturated rings. The lowest BCUT2D eigenvalue weighted by Gasteiger charge is -2.15. The summed E-state index contributed by atoms with van der Waals surface area (Å²) < 4.78 is 1.68. The van der Waals surface area contributed by atoms with Crippen LogP contribution in [0.25, 0.3) is 0 Å². The average molecular weight is 357 g/mol. The highest BCUT2D eigenvalue weighted by Crippen LogP contribution is 2.26. The van der Waals surface area contributed by atoms with Crippen molar-refractivity contribution in [3.63, 3.8) is 0 Å². The van der Waals surface area contributed by atoms with E-state index >= 15 is 0 Å². The Morgan fingerprint density at radius 2 is 2.23 bits per heavy atom. The topological polar surface area (TPSA) is 109 Å². The lowest BCUT2D eigenvalue weighted by atomic mass is 10.1. The first-order valence-corrected chi connectivity index (χ1v) is 8.66. The Bertz CT molecular complexity index is 761. The molecule has 8 heteroatoms. The average Bonchev–Trinajstić information content (AvgIpc) is 3.22. The van der Waals surface area contributed by atoms with Crippen molar-refractivity contribution in [2.24, 2.45) is 13.0 Å². The predicted molar refractivity (Wildman–Crippen MR) is 94.1 cm³/mol. The van der Waals surface area contributed by atoms with Crippen molar-refractivity contribution in [1.29, 1.82) is 0 Å². The summed E-state index contributed by atoms with van der Waals surface area (Å²) >= 11 is 0. The molecular formula is C18H23N5O3. The van der Waals surface area contributed by atoms with Crippen molar-refractivity contribution in [2.45, 2.75) is 31.4 Å². The molecule has 138 valence electrons. The second-order valence-corrected chi connectivity index (χ2v) is 6.64. The van der Waals surface area contributed by atoms with E-state index in [9.17, 15) is 14.7 Å². The third-order valence-electron chi connectivity index (χ3n) is 4.59. The van der Waals surface area contributed by atoms with Gasteiger partial charge in [0.2, 0.25) is 5.91 Å². The lowest BCUT2D eigenvalue weighted by molar-refractivity contribution is -0.125. The Balaban J connectivity index is 1.46. The van der Waals surface area contributed by atoms with Crippen molar-refractivity contribution in [3.05, 3.63) is 48.3 Å². The quantitative estimate of drug-likeness (QED) is 0.676. The van der Waals surface area contributed by atoms with Gasteiger partial charge in [-0.05, 0) is 30.9 Å². The second kappa shape index (κ2) is 8.09. The van der Waals surface area contributed by atoms with Crippen LogP contribution in [0.1, 0.15) is 28.9 Å². The lowest BCUT2D eigenvalue weighted by Crippen LogP contribution is -2.40. The molecule has 1 aliphatic carbocycles. The van der Waals surface area contributed by atoms with Gasteiger partial charge in [0.1, 0.15) is 5.69 Å². The molecule has 0 aliphatic heterocycles. The van der Waals surface area contributed by atoms with E-state index in [0.29, 0.717) is 31.5 Å². The number of aliphatic hydroxyl groups is 1. The minimum Gasteiger partial charge on any atom is -0.391 e. The zero-order chi connectivity index (χ0) is 18.5. The molecule has 3 rings (SSSR count). The van der Waals surface area contributed by atoms with Crippen LogP contribution >= 0.6 is 0 Å². The first kappa shape index (κ1) is 18.1. The zero-order valence-corrected chi connectivity index (χ0v) is 14.6. The van der Waals surface area contributed by atoms with E-state index in [-0.39, 0.29) is 17.7 Å². The van der Waals surface area contributed by atoms with Crippen LogP contribution in [0, 0.1) is 5.92 Å². The molecule has 2 amide bonds. The third-order valence-corrected chi connectivity index (χ3v) is 4.59. The summed E-state index contributed by atoms with van der Waals surface area (Å²) in [5, 5.41) is 15.9. The summed E-state index contributed by atoms with van der Waals surface area (Å²) in [4.78, 5) is 32.5.